The molecule has 1 fully saturated rings. The molecule has 1 saturated carbocycles. The largest absolute Gasteiger partial charge is 0.349 e. The molecule has 2 aromatic heterocycles. The molecule has 0 spiro atoms. The van der Waals surface area contributed by atoms with E-state index in [0.29, 0.717) is 30.9 Å². The Kier molecular flexibility index (Phi) is 5.32. The number of benzene rings is 1. The molecule has 0 unspecified atom stereocenters. The molecule has 1 aromatic carbocycles. The Morgan fingerprint density at radius 1 is 1.25 bits per heavy atom. The second kappa shape index (κ2) is 8.04. The van der Waals surface area contributed by atoms with E-state index in [1.165, 1.54) is 18.9 Å². The van der Waals surface area contributed by atoms with E-state index in [0.717, 1.165) is 35.7 Å². The number of aromatic nitrogens is 3. The highest BCUT2D eigenvalue weighted by molar-refractivity contribution is 5.76. The van der Waals surface area contributed by atoms with Crippen molar-refractivity contribution < 1.29 is 13.6 Å². The lowest BCUT2D eigenvalue weighted by Crippen LogP contribution is -2.24. The Labute approximate surface area is 161 Å². The summed E-state index contributed by atoms with van der Waals surface area (Å²) in [5.41, 5.74) is 1.97. The van der Waals surface area contributed by atoms with E-state index >= 15 is 0 Å². The van der Waals surface area contributed by atoms with Gasteiger partial charge in [-0.3, -0.25) is 4.79 Å². The first-order valence-electron chi connectivity index (χ1n) is 9.61. The standard InChI is InChI=1S/C21H22F2N4O/c22-16-8-9-17(23)15(11-16)3-1-5-20(28)25-12-19-26-18-4-2-10-24-21(18)27(19)13-14-6-7-14/h2,4,8-11,14H,1,3,5-7,12-13H2,(H,25,28). The quantitative estimate of drug-likeness (QED) is 0.643. The number of hydrogen-bond donors (Lipinski definition) is 1. The number of halogens is 2. The summed E-state index contributed by atoms with van der Waals surface area (Å²) in [5, 5.41) is 2.89. The maximum Gasteiger partial charge on any atom is 0.220 e. The van der Waals surface area contributed by atoms with Crippen molar-refractivity contribution in [1.82, 2.24) is 19.9 Å². The summed E-state index contributed by atoms with van der Waals surface area (Å²) in [5.74, 6) is 0.419. The maximum atomic E-state index is 13.6. The zero-order chi connectivity index (χ0) is 19.5. The maximum absolute atomic E-state index is 13.6. The van der Waals surface area contributed by atoms with Gasteiger partial charge in [0.25, 0.3) is 0 Å². The number of carbonyl (C=O) groups is 1. The molecule has 0 aliphatic heterocycles. The van der Waals surface area contributed by atoms with Crippen molar-refractivity contribution in [1.29, 1.82) is 0 Å². The fraction of sp³-hybridized carbons (Fsp3) is 0.381. The monoisotopic (exact) mass is 384 g/mol. The molecule has 0 atom stereocenters. The van der Waals surface area contributed by atoms with Gasteiger partial charge in [0.15, 0.2) is 5.65 Å². The van der Waals surface area contributed by atoms with Gasteiger partial charge in [0.05, 0.1) is 6.54 Å². The summed E-state index contributed by atoms with van der Waals surface area (Å²) in [4.78, 5) is 21.2. The molecule has 0 radical (unpaired) electrons. The molecule has 4 rings (SSSR count). The molecule has 7 heteroatoms. The number of nitrogens with one attached hydrogen (secondary N) is 1. The summed E-state index contributed by atoms with van der Waals surface area (Å²) < 4.78 is 28.9. The van der Waals surface area contributed by atoms with Crippen LogP contribution in [0.3, 0.4) is 0 Å². The zero-order valence-corrected chi connectivity index (χ0v) is 15.5. The van der Waals surface area contributed by atoms with E-state index in [4.69, 9.17) is 0 Å². The van der Waals surface area contributed by atoms with Gasteiger partial charge < -0.3 is 9.88 Å². The number of nitrogens with zero attached hydrogens (tertiary/aromatic N) is 3. The second-order valence-electron chi connectivity index (χ2n) is 7.29. The van der Waals surface area contributed by atoms with E-state index in [9.17, 15) is 13.6 Å². The van der Waals surface area contributed by atoms with Gasteiger partial charge in [-0.25, -0.2) is 18.7 Å². The first-order valence-corrected chi connectivity index (χ1v) is 9.61. The zero-order valence-electron chi connectivity index (χ0n) is 15.5. The Bertz CT molecular complexity index is 997. The van der Waals surface area contributed by atoms with Crippen molar-refractivity contribution in [2.24, 2.45) is 5.92 Å². The van der Waals surface area contributed by atoms with E-state index in [1.807, 2.05) is 12.1 Å². The lowest BCUT2D eigenvalue weighted by atomic mass is 10.1. The van der Waals surface area contributed by atoms with Crippen LogP contribution in [0.15, 0.2) is 36.5 Å². The third-order valence-electron chi connectivity index (χ3n) is 5.02. The van der Waals surface area contributed by atoms with Crippen LogP contribution in [0.1, 0.15) is 37.1 Å². The third kappa shape index (κ3) is 4.35. The summed E-state index contributed by atoms with van der Waals surface area (Å²) in [7, 11) is 0. The van der Waals surface area contributed by atoms with Gasteiger partial charge in [0.2, 0.25) is 5.91 Å². The van der Waals surface area contributed by atoms with Gasteiger partial charge in [0, 0.05) is 19.2 Å². The fourth-order valence-electron chi connectivity index (χ4n) is 3.33. The third-order valence-corrected chi connectivity index (χ3v) is 5.02. The first-order chi connectivity index (χ1) is 13.6. The minimum absolute atomic E-state index is 0.130. The number of pyridine rings is 1. The molecule has 1 amide bonds. The number of fused-ring (bicyclic) bond motifs is 1. The smallest absolute Gasteiger partial charge is 0.220 e. The van der Waals surface area contributed by atoms with Crippen LogP contribution < -0.4 is 5.32 Å². The van der Waals surface area contributed by atoms with Gasteiger partial charge in [-0.15, -0.1) is 0 Å². The van der Waals surface area contributed by atoms with Crippen LogP contribution in [0.5, 0.6) is 0 Å². The Morgan fingerprint density at radius 2 is 2.11 bits per heavy atom. The predicted octanol–water partition coefficient (Wildman–Crippen LogP) is 3.76. The Morgan fingerprint density at radius 3 is 2.93 bits per heavy atom. The Hall–Kier alpha value is -2.83. The molecule has 5 nitrogen and oxygen atoms in total. The van der Waals surface area contributed by atoms with Crippen molar-refractivity contribution >= 4 is 17.1 Å². The van der Waals surface area contributed by atoms with Crippen molar-refractivity contribution in [2.75, 3.05) is 0 Å². The highest BCUT2D eigenvalue weighted by atomic mass is 19.1. The molecule has 1 N–H and O–H groups in total. The highest BCUT2D eigenvalue weighted by Crippen LogP contribution is 2.32. The van der Waals surface area contributed by atoms with Crippen LogP contribution in [0, 0.1) is 17.6 Å². The van der Waals surface area contributed by atoms with Crippen molar-refractivity contribution in [3.8, 4) is 0 Å². The van der Waals surface area contributed by atoms with Crippen molar-refractivity contribution in [3.63, 3.8) is 0 Å². The molecule has 1 aliphatic rings. The lowest BCUT2D eigenvalue weighted by Gasteiger charge is -2.09. The summed E-state index contributed by atoms with van der Waals surface area (Å²) in [6, 6.07) is 7.16. The molecule has 28 heavy (non-hydrogen) atoms. The molecule has 2 heterocycles. The van der Waals surface area contributed by atoms with Gasteiger partial charge in [-0.05, 0) is 67.5 Å². The average molecular weight is 384 g/mol. The van der Waals surface area contributed by atoms with Crippen LogP contribution in [0.2, 0.25) is 0 Å². The van der Waals surface area contributed by atoms with Crippen LogP contribution in [0.25, 0.3) is 11.2 Å². The number of rotatable bonds is 8. The van der Waals surface area contributed by atoms with Crippen LogP contribution >= 0.6 is 0 Å². The van der Waals surface area contributed by atoms with Gasteiger partial charge in [0.1, 0.15) is 23.0 Å². The van der Waals surface area contributed by atoms with Crippen molar-refractivity contribution in [3.05, 3.63) is 59.6 Å². The number of hydrogen-bond acceptors (Lipinski definition) is 3. The van der Waals surface area contributed by atoms with E-state index in [2.05, 4.69) is 19.9 Å². The van der Waals surface area contributed by atoms with Crippen LogP contribution in [-0.2, 0) is 24.3 Å². The summed E-state index contributed by atoms with van der Waals surface area (Å²) in [6.45, 7) is 1.20. The minimum atomic E-state index is -0.468. The molecule has 1 aliphatic carbocycles. The number of amides is 1. The average Bonchev–Trinajstić information content (AvgIpc) is 3.44. The van der Waals surface area contributed by atoms with E-state index in [1.54, 1.807) is 6.20 Å². The van der Waals surface area contributed by atoms with E-state index in [-0.39, 0.29) is 12.3 Å². The molecule has 0 bridgehead atoms. The molecule has 146 valence electrons. The highest BCUT2D eigenvalue weighted by Gasteiger charge is 2.24. The topological polar surface area (TPSA) is 59.8 Å². The first kappa shape index (κ1) is 18.5. The SMILES string of the molecule is O=C(CCCc1cc(F)ccc1F)NCc1nc2cccnc2n1CC1CC1. The van der Waals surface area contributed by atoms with Crippen LogP contribution in [-0.4, -0.2) is 20.4 Å². The molecule has 0 saturated heterocycles. The number of aryl methyl sites for hydroxylation is 1. The molecule has 3 aromatic rings. The summed E-state index contributed by atoms with van der Waals surface area (Å²) >= 11 is 0. The normalized spacial score (nSPS) is 13.8. The van der Waals surface area contributed by atoms with Crippen molar-refractivity contribution in [2.45, 2.75) is 45.2 Å². The number of carbonyl (C=O) groups excluding carboxylic acids is 1. The molecular formula is C21H22F2N4O. The Balaban J connectivity index is 1.34. The summed E-state index contributed by atoms with van der Waals surface area (Å²) in [6.07, 6.45) is 5.20. The van der Waals surface area contributed by atoms with Gasteiger partial charge in [-0.1, -0.05) is 0 Å². The predicted molar refractivity (Wildman–Crippen MR) is 101 cm³/mol. The molecular weight excluding hydrogens is 362 g/mol. The number of imidazole rings is 1. The lowest BCUT2D eigenvalue weighted by molar-refractivity contribution is -0.121. The second-order valence-corrected chi connectivity index (χ2v) is 7.29. The van der Waals surface area contributed by atoms with Crippen LogP contribution in [0.4, 0.5) is 8.78 Å². The fourth-order valence-corrected chi connectivity index (χ4v) is 3.33. The minimum Gasteiger partial charge on any atom is -0.349 e. The van der Waals surface area contributed by atoms with Gasteiger partial charge >= 0.3 is 0 Å². The van der Waals surface area contributed by atoms with E-state index < -0.39 is 11.6 Å². The van der Waals surface area contributed by atoms with Gasteiger partial charge in [-0.2, -0.15) is 0 Å².